The van der Waals surface area contributed by atoms with Crippen LogP contribution in [0, 0.1) is 12.8 Å². The first-order valence-electron chi connectivity index (χ1n) is 8.41. The average molecular weight is 310 g/mol. The third kappa shape index (κ3) is 3.11. The number of aryl methyl sites for hydroxylation is 3. The first kappa shape index (κ1) is 14.4. The molecule has 2 aliphatic rings. The molecule has 1 fully saturated rings. The summed E-state index contributed by atoms with van der Waals surface area (Å²) in [5, 5.41) is 12.2. The van der Waals surface area contributed by atoms with Crippen LogP contribution in [0.5, 0.6) is 0 Å². The summed E-state index contributed by atoms with van der Waals surface area (Å²) in [5.74, 6) is 2.52. The quantitative estimate of drug-likeness (QED) is 0.932. The van der Waals surface area contributed by atoms with E-state index in [-0.39, 0.29) is 0 Å². The van der Waals surface area contributed by atoms with Crippen molar-refractivity contribution in [2.45, 2.75) is 32.6 Å². The smallest absolute Gasteiger partial charge is 0.151 e. The van der Waals surface area contributed by atoms with E-state index in [0.717, 1.165) is 49.8 Å². The van der Waals surface area contributed by atoms with E-state index < -0.39 is 0 Å². The molecule has 2 aromatic rings. The summed E-state index contributed by atoms with van der Waals surface area (Å²) in [6, 6.07) is 2.25. The van der Waals surface area contributed by atoms with Gasteiger partial charge in [-0.15, -0.1) is 5.10 Å². The van der Waals surface area contributed by atoms with Gasteiger partial charge >= 0.3 is 0 Å². The van der Waals surface area contributed by atoms with Crippen molar-refractivity contribution in [1.29, 1.82) is 0 Å². The summed E-state index contributed by atoms with van der Waals surface area (Å²) in [5.41, 5.74) is 3.55. The highest BCUT2D eigenvalue weighted by Crippen LogP contribution is 2.26. The van der Waals surface area contributed by atoms with Crippen molar-refractivity contribution < 1.29 is 0 Å². The number of nitrogens with one attached hydrogen (secondary N) is 1. The van der Waals surface area contributed by atoms with Crippen LogP contribution in [0.1, 0.15) is 29.8 Å². The van der Waals surface area contributed by atoms with Gasteiger partial charge in [0.25, 0.3) is 0 Å². The zero-order valence-electron chi connectivity index (χ0n) is 13.5. The van der Waals surface area contributed by atoms with Gasteiger partial charge in [-0.1, -0.05) is 0 Å². The molecule has 6 nitrogen and oxygen atoms in total. The van der Waals surface area contributed by atoms with Gasteiger partial charge < -0.3 is 10.2 Å². The molecule has 0 unspecified atom stereocenters. The predicted molar refractivity (Wildman–Crippen MR) is 89.6 cm³/mol. The lowest BCUT2D eigenvalue weighted by atomic mass is 9.95. The zero-order chi connectivity index (χ0) is 15.6. The second-order valence-electron chi connectivity index (χ2n) is 6.58. The SMILES string of the molecule is Cc1cncc(NCC2CN(c3cc4c(nn3)CCCC4)C2)n1. The summed E-state index contributed by atoms with van der Waals surface area (Å²) in [7, 11) is 0. The second-order valence-corrected chi connectivity index (χ2v) is 6.58. The van der Waals surface area contributed by atoms with Crippen molar-refractivity contribution >= 4 is 11.6 Å². The largest absolute Gasteiger partial charge is 0.368 e. The van der Waals surface area contributed by atoms with Gasteiger partial charge in [-0.25, -0.2) is 4.98 Å². The normalized spacial score (nSPS) is 17.5. The number of rotatable bonds is 4. The van der Waals surface area contributed by atoms with Gasteiger partial charge in [0, 0.05) is 31.7 Å². The van der Waals surface area contributed by atoms with Gasteiger partial charge in [0.15, 0.2) is 5.82 Å². The zero-order valence-corrected chi connectivity index (χ0v) is 13.5. The Balaban J connectivity index is 1.31. The van der Waals surface area contributed by atoms with Crippen LogP contribution in [-0.2, 0) is 12.8 Å². The van der Waals surface area contributed by atoms with E-state index in [1.165, 1.54) is 24.1 Å². The summed E-state index contributed by atoms with van der Waals surface area (Å²) in [6.07, 6.45) is 8.32. The Labute approximate surface area is 136 Å². The lowest BCUT2D eigenvalue weighted by Gasteiger charge is -2.40. The standard InChI is InChI=1S/C17H22N6/c1-12-7-18-9-16(20-12)19-8-13-10-23(11-13)17-6-14-4-2-3-5-15(14)21-22-17/h6-7,9,13H,2-5,8,10-11H2,1H3,(H,19,20). The molecule has 0 saturated carbocycles. The first-order valence-corrected chi connectivity index (χ1v) is 8.41. The van der Waals surface area contributed by atoms with Crippen molar-refractivity contribution in [3.63, 3.8) is 0 Å². The van der Waals surface area contributed by atoms with Gasteiger partial charge in [0.05, 0.1) is 17.6 Å². The van der Waals surface area contributed by atoms with Gasteiger partial charge in [-0.05, 0) is 44.2 Å². The molecule has 1 saturated heterocycles. The molecular weight excluding hydrogens is 288 g/mol. The van der Waals surface area contributed by atoms with E-state index in [0.29, 0.717) is 5.92 Å². The lowest BCUT2D eigenvalue weighted by Crippen LogP contribution is -2.50. The minimum atomic E-state index is 0.621. The fourth-order valence-electron chi connectivity index (χ4n) is 3.32. The number of aromatic nitrogens is 4. The van der Waals surface area contributed by atoms with Gasteiger partial charge in [0.2, 0.25) is 0 Å². The molecule has 0 atom stereocenters. The number of hydrogen-bond acceptors (Lipinski definition) is 6. The highest BCUT2D eigenvalue weighted by molar-refractivity contribution is 5.45. The van der Waals surface area contributed by atoms with Crippen molar-refractivity contribution in [3.05, 3.63) is 35.4 Å². The van der Waals surface area contributed by atoms with Crippen LogP contribution < -0.4 is 10.2 Å². The van der Waals surface area contributed by atoms with Crippen LogP contribution in [-0.4, -0.2) is 39.8 Å². The molecule has 3 heterocycles. The maximum absolute atomic E-state index is 4.42. The van der Waals surface area contributed by atoms with Gasteiger partial charge in [0.1, 0.15) is 5.82 Å². The van der Waals surface area contributed by atoms with E-state index in [1.807, 2.05) is 6.92 Å². The fraction of sp³-hybridized carbons (Fsp3) is 0.529. The van der Waals surface area contributed by atoms with E-state index in [2.05, 4.69) is 36.4 Å². The third-order valence-corrected chi connectivity index (χ3v) is 4.66. The van der Waals surface area contributed by atoms with Crippen LogP contribution >= 0.6 is 0 Å². The highest BCUT2D eigenvalue weighted by atomic mass is 15.3. The number of fused-ring (bicyclic) bond motifs is 1. The molecular formula is C17H22N6. The number of anilines is 2. The maximum atomic E-state index is 4.42. The Morgan fingerprint density at radius 2 is 2.04 bits per heavy atom. The van der Waals surface area contributed by atoms with Crippen LogP contribution in [0.25, 0.3) is 0 Å². The Morgan fingerprint density at radius 1 is 1.17 bits per heavy atom. The topological polar surface area (TPSA) is 66.8 Å². The molecule has 4 rings (SSSR count). The summed E-state index contributed by atoms with van der Waals surface area (Å²) in [6.45, 7) is 4.93. The predicted octanol–water partition coefficient (Wildman–Crippen LogP) is 2.00. The molecule has 1 aliphatic carbocycles. The molecule has 0 amide bonds. The van der Waals surface area contributed by atoms with Crippen molar-refractivity contribution in [1.82, 2.24) is 20.2 Å². The van der Waals surface area contributed by atoms with Crippen molar-refractivity contribution in [3.8, 4) is 0 Å². The average Bonchev–Trinajstić information content (AvgIpc) is 2.53. The highest BCUT2D eigenvalue weighted by Gasteiger charge is 2.28. The minimum absolute atomic E-state index is 0.621. The summed E-state index contributed by atoms with van der Waals surface area (Å²) in [4.78, 5) is 10.9. The van der Waals surface area contributed by atoms with Crippen molar-refractivity contribution in [2.24, 2.45) is 5.92 Å². The molecule has 0 bridgehead atoms. The fourth-order valence-corrected chi connectivity index (χ4v) is 3.32. The lowest BCUT2D eigenvalue weighted by molar-refractivity contribution is 0.424. The molecule has 120 valence electrons. The van der Waals surface area contributed by atoms with E-state index >= 15 is 0 Å². The van der Waals surface area contributed by atoms with Crippen LogP contribution in [0.15, 0.2) is 18.5 Å². The second kappa shape index (κ2) is 6.10. The molecule has 6 heteroatoms. The summed E-state index contributed by atoms with van der Waals surface area (Å²) >= 11 is 0. The minimum Gasteiger partial charge on any atom is -0.368 e. The molecule has 0 aromatic carbocycles. The molecule has 2 aromatic heterocycles. The Bertz CT molecular complexity index is 695. The molecule has 1 aliphatic heterocycles. The van der Waals surface area contributed by atoms with Crippen LogP contribution in [0.3, 0.4) is 0 Å². The monoisotopic (exact) mass is 310 g/mol. The number of hydrogen-bond donors (Lipinski definition) is 1. The Hall–Kier alpha value is -2.24. The molecule has 0 radical (unpaired) electrons. The van der Waals surface area contributed by atoms with Gasteiger partial charge in [-0.3, -0.25) is 4.98 Å². The van der Waals surface area contributed by atoms with Crippen LogP contribution in [0.2, 0.25) is 0 Å². The maximum Gasteiger partial charge on any atom is 0.151 e. The molecule has 1 N–H and O–H groups in total. The van der Waals surface area contributed by atoms with Crippen LogP contribution in [0.4, 0.5) is 11.6 Å². The Morgan fingerprint density at radius 3 is 2.91 bits per heavy atom. The van der Waals surface area contributed by atoms with Crippen molar-refractivity contribution in [2.75, 3.05) is 29.9 Å². The van der Waals surface area contributed by atoms with E-state index in [4.69, 9.17) is 0 Å². The summed E-state index contributed by atoms with van der Waals surface area (Å²) < 4.78 is 0. The Kier molecular flexibility index (Phi) is 3.81. The van der Waals surface area contributed by atoms with E-state index in [9.17, 15) is 0 Å². The third-order valence-electron chi connectivity index (χ3n) is 4.66. The van der Waals surface area contributed by atoms with E-state index in [1.54, 1.807) is 12.4 Å². The number of nitrogens with zero attached hydrogens (tertiary/aromatic N) is 5. The molecule has 0 spiro atoms. The molecule has 23 heavy (non-hydrogen) atoms. The first-order chi connectivity index (χ1) is 11.3. The van der Waals surface area contributed by atoms with Gasteiger partial charge in [-0.2, -0.15) is 5.10 Å².